The summed E-state index contributed by atoms with van der Waals surface area (Å²) in [4.78, 5) is 4.20. The smallest absolute Gasteiger partial charge is 0.240 e. The van der Waals surface area contributed by atoms with Crippen molar-refractivity contribution in [2.24, 2.45) is 11.3 Å². The SMILES string of the molecule is Cc1noc(CNC2CC(OCC(C)C)C2(C)C)n1. The first-order chi connectivity index (χ1) is 8.89. The van der Waals surface area contributed by atoms with E-state index in [4.69, 9.17) is 9.26 Å². The van der Waals surface area contributed by atoms with E-state index in [1.165, 1.54) is 0 Å². The molecule has 5 nitrogen and oxygen atoms in total. The fraction of sp³-hybridized carbons (Fsp3) is 0.857. The van der Waals surface area contributed by atoms with Gasteiger partial charge in [-0.05, 0) is 19.3 Å². The second-order valence-electron chi connectivity index (χ2n) is 6.44. The van der Waals surface area contributed by atoms with E-state index in [0.717, 1.165) is 13.0 Å². The summed E-state index contributed by atoms with van der Waals surface area (Å²) in [6.45, 7) is 12.2. The monoisotopic (exact) mass is 267 g/mol. The van der Waals surface area contributed by atoms with Crippen LogP contribution in [0.15, 0.2) is 4.52 Å². The number of aryl methyl sites for hydroxylation is 1. The van der Waals surface area contributed by atoms with Gasteiger partial charge in [0.05, 0.1) is 12.6 Å². The summed E-state index contributed by atoms with van der Waals surface area (Å²) >= 11 is 0. The molecule has 0 bridgehead atoms. The van der Waals surface area contributed by atoms with Gasteiger partial charge in [-0.25, -0.2) is 0 Å². The van der Waals surface area contributed by atoms with Gasteiger partial charge in [-0.15, -0.1) is 0 Å². The molecule has 0 aromatic carbocycles. The minimum absolute atomic E-state index is 0.157. The average molecular weight is 267 g/mol. The fourth-order valence-corrected chi connectivity index (χ4v) is 2.45. The highest BCUT2D eigenvalue weighted by molar-refractivity contribution is 5.03. The van der Waals surface area contributed by atoms with E-state index in [2.05, 4.69) is 43.2 Å². The fourth-order valence-electron chi connectivity index (χ4n) is 2.45. The van der Waals surface area contributed by atoms with Gasteiger partial charge in [0, 0.05) is 18.1 Å². The van der Waals surface area contributed by atoms with Gasteiger partial charge in [-0.2, -0.15) is 4.98 Å². The van der Waals surface area contributed by atoms with Gasteiger partial charge in [-0.1, -0.05) is 32.9 Å². The lowest BCUT2D eigenvalue weighted by molar-refractivity contribution is -0.124. The summed E-state index contributed by atoms with van der Waals surface area (Å²) < 4.78 is 11.1. The Morgan fingerprint density at radius 2 is 2.21 bits per heavy atom. The quantitative estimate of drug-likeness (QED) is 0.857. The van der Waals surface area contributed by atoms with E-state index >= 15 is 0 Å². The maximum Gasteiger partial charge on any atom is 0.240 e. The topological polar surface area (TPSA) is 60.2 Å². The van der Waals surface area contributed by atoms with E-state index < -0.39 is 0 Å². The van der Waals surface area contributed by atoms with Crippen molar-refractivity contribution in [1.82, 2.24) is 15.5 Å². The summed E-state index contributed by atoms with van der Waals surface area (Å²) in [6, 6.07) is 0.442. The van der Waals surface area contributed by atoms with E-state index in [9.17, 15) is 0 Å². The lowest BCUT2D eigenvalue weighted by Gasteiger charge is -2.52. The predicted molar refractivity (Wildman–Crippen MR) is 72.6 cm³/mol. The van der Waals surface area contributed by atoms with Crippen molar-refractivity contribution >= 4 is 0 Å². The van der Waals surface area contributed by atoms with Gasteiger partial charge in [0.1, 0.15) is 0 Å². The first-order valence-electron chi connectivity index (χ1n) is 7.03. The molecule has 1 N–H and O–H groups in total. The van der Waals surface area contributed by atoms with Crippen LogP contribution in [0.3, 0.4) is 0 Å². The normalized spacial score (nSPS) is 25.6. The number of hydrogen-bond acceptors (Lipinski definition) is 5. The molecular formula is C14H25N3O2. The molecule has 2 rings (SSSR count). The number of nitrogens with zero attached hydrogens (tertiary/aromatic N) is 2. The van der Waals surface area contributed by atoms with Crippen LogP contribution in [0.4, 0.5) is 0 Å². The van der Waals surface area contributed by atoms with Gasteiger partial charge in [0.15, 0.2) is 5.82 Å². The van der Waals surface area contributed by atoms with Crippen LogP contribution in [0.2, 0.25) is 0 Å². The summed E-state index contributed by atoms with van der Waals surface area (Å²) in [6.07, 6.45) is 1.39. The predicted octanol–water partition coefficient (Wildman–Crippen LogP) is 2.31. The first-order valence-corrected chi connectivity index (χ1v) is 7.03. The average Bonchev–Trinajstić information content (AvgIpc) is 2.72. The van der Waals surface area contributed by atoms with Gasteiger partial charge >= 0.3 is 0 Å². The third-order valence-electron chi connectivity index (χ3n) is 3.88. The number of rotatable bonds is 6. The van der Waals surface area contributed by atoms with Gasteiger partial charge in [0.25, 0.3) is 0 Å². The standard InChI is InChI=1S/C14H25N3O2/c1-9(2)8-18-12-6-11(14(12,4)5)15-7-13-16-10(3)17-19-13/h9,11-12,15H,6-8H2,1-5H3. The number of aromatic nitrogens is 2. The third kappa shape index (κ3) is 3.34. The summed E-state index contributed by atoms with van der Waals surface area (Å²) in [5.74, 6) is 1.92. The van der Waals surface area contributed by atoms with Gasteiger partial charge in [0.2, 0.25) is 5.89 Å². The molecule has 0 amide bonds. The Hall–Kier alpha value is -0.940. The maximum atomic E-state index is 5.95. The minimum Gasteiger partial charge on any atom is -0.377 e. The lowest BCUT2D eigenvalue weighted by Crippen LogP contribution is -2.60. The van der Waals surface area contributed by atoms with Crippen LogP contribution in [0, 0.1) is 18.3 Å². The van der Waals surface area contributed by atoms with Crippen LogP contribution in [0.25, 0.3) is 0 Å². The molecule has 1 aromatic rings. The van der Waals surface area contributed by atoms with Crippen molar-refractivity contribution in [3.05, 3.63) is 11.7 Å². The highest BCUT2D eigenvalue weighted by Crippen LogP contribution is 2.43. The van der Waals surface area contributed by atoms with E-state index in [0.29, 0.717) is 36.3 Å². The molecule has 0 radical (unpaired) electrons. The molecule has 19 heavy (non-hydrogen) atoms. The van der Waals surface area contributed by atoms with Crippen molar-refractivity contribution < 1.29 is 9.26 Å². The zero-order chi connectivity index (χ0) is 14.0. The molecule has 2 unspecified atom stereocenters. The van der Waals surface area contributed by atoms with Crippen LogP contribution in [0.1, 0.15) is 45.8 Å². The van der Waals surface area contributed by atoms with E-state index in [-0.39, 0.29) is 5.41 Å². The maximum absolute atomic E-state index is 5.95. The molecule has 0 spiro atoms. The molecule has 0 aliphatic heterocycles. The lowest BCUT2D eigenvalue weighted by atomic mass is 9.64. The summed E-state index contributed by atoms with van der Waals surface area (Å²) in [7, 11) is 0. The molecule has 1 aromatic heterocycles. The van der Waals surface area contributed by atoms with Crippen LogP contribution >= 0.6 is 0 Å². The first kappa shape index (κ1) is 14.5. The molecule has 1 fully saturated rings. The van der Waals surface area contributed by atoms with Crippen molar-refractivity contribution in [1.29, 1.82) is 0 Å². The van der Waals surface area contributed by atoms with Gasteiger partial charge in [-0.3, -0.25) is 0 Å². The number of nitrogens with one attached hydrogen (secondary N) is 1. The minimum atomic E-state index is 0.157. The molecule has 0 saturated heterocycles. The largest absolute Gasteiger partial charge is 0.377 e. The second kappa shape index (κ2) is 5.59. The third-order valence-corrected chi connectivity index (χ3v) is 3.88. The summed E-state index contributed by atoms with van der Waals surface area (Å²) in [5, 5.41) is 7.27. The molecule has 1 saturated carbocycles. The Morgan fingerprint density at radius 3 is 2.74 bits per heavy atom. The van der Waals surface area contributed by atoms with Crippen molar-refractivity contribution in [3.8, 4) is 0 Å². The van der Waals surface area contributed by atoms with E-state index in [1.807, 2.05) is 6.92 Å². The van der Waals surface area contributed by atoms with Crippen molar-refractivity contribution in [2.45, 2.75) is 59.7 Å². The Kier molecular flexibility index (Phi) is 4.26. The van der Waals surface area contributed by atoms with E-state index in [1.54, 1.807) is 0 Å². The molecule has 108 valence electrons. The zero-order valence-electron chi connectivity index (χ0n) is 12.6. The number of ether oxygens (including phenoxy) is 1. The molecule has 1 aliphatic rings. The van der Waals surface area contributed by atoms with Crippen molar-refractivity contribution in [2.75, 3.05) is 6.61 Å². The van der Waals surface area contributed by atoms with Crippen LogP contribution in [0.5, 0.6) is 0 Å². The zero-order valence-corrected chi connectivity index (χ0v) is 12.6. The number of hydrogen-bond donors (Lipinski definition) is 1. The summed E-state index contributed by atoms with van der Waals surface area (Å²) in [5.41, 5.74) is 0.157. The molecule has 2 atom stereocenters. The van der Waals surface area contributed by atoms with Crippen LogP contribution < -0.4 is 5.32 Å². The highest BCUT2D eigenvalue weighted by Gasteiger charge is 2.48. The molecular weight excluding hydrogens is 242 g/mol. The second-order valence-corrected chi connectivity index (χ2v) is 6.44. The van der Waals surface area contributed by atoms with Crippen LogP contribution in [-0.4, -0.2) is 28.9 Å². The Labute approximate surface area is 115 Å². The molecule has 5 heteroatoms. The highest BCUT2D eigenvalue weighted by atomic mass is 16.5. The van der Waals surface area contributed by atoms with Crippen LogP contribution in [-0.2, 0) is 11.3 Å². The Morgan fingerprint density at radius 1 is 1.47 bits per heavy atom. The molecule has 1 heterocycles. The Bertz CT molecular complexity index is 415. The molecule has 1 aliphatic carbocycles. The van der Waals surface area contributed by atoms with Crippen molar-refractivity contribution in [3.63, 3.8) is 0 Å². The van der Waals surface area contributed by atoms with Gasteiger partial charge < -0.3 is 14.6 Å². The Balaban J connectivity index is 1.77.